The zero-order chi connectivity index (χ0) is 20.8. The van der Waals surface area contributed by atoms with Crippen molar-refractivity contribution in [3.63, 3.8) is 0 Å². The average Bonchev–Trinajstić information content (AvgIpc) is 3.07. The summed E-state index contributed by atoms with van der Waals surface area (Å²) in [6.07, 6.45) is 15.6. The van der Waals surface area contributed by atoms with Crippen LogP contribution in [0.5, 0.6) is 0 Å². The van der Waals surface area contributed by atoms with Crippen molar-refractivity contribution >= 4 is 46.8 Å². The summed E-state index contributed by atoms with van der Waals surface area (Å²) in [4.78, 5) is 10.9. The van der Waals surface area contributed by atoms with Gasteiger partial charge < -0.3 is 4.74 Å². The quantitative estimate of drug-likeness (QED) is 0.177. The molecule has 5 heteroatoms. The van der Waals surface area contributed by atoms with E-state index in [0.717, 1.165) is 31.2 Å². The first-order valence-electron chi connectivity index (χ1n) is 9.60. The summed E-state index contributed by atoms with van der Waals surface area (Å²) >= 11 is 17.9. The average molecular weight is 444 g/mol. The first-order valence-corrected chi connectivity index (χ1v) is 10.8. The second-order valence-corrected chi connectivity index (χ2v) is 8.16. The third-order valence-corrected chi connectivity index (χ3v) is 5.04. The number of benzene rings is 1. The van der Waals surface area contributed by atoms with Gasteiger partial charge in [-0.25, -0.2) is 0 Å². The number of allylic oxidation sites excluding steroid dienone is 3. The zero-order valence-corrected chi connectivity index (χ0v) is 18.6. The van der Waals surface area contributed by atoms with E-state index in [1.54, 1.807) is 12.1 Å². The summed E-state index contributed by atoms with van der Waals surface area (Å²) in [7, 11) is 0. The van der Waals surface area contributed by atoms with Gasteiger partial charge >= 0.3 is 5.97 Å². The Balaban J connectivity index is 0.000000295. The number of esters is 1. The molecule has 0 aliphatic heterocycles. The van der Waals surface area contributed by atoms with Crippen LogP contribution in [0.2, 0.25) is 10.0 Å². The molecule has 2 rings (SSSR count). The monoisotopic (exact) mass is 442 g/mol. The highest BCUT2D eigenvalue weighted by atomic mass is 35.5. The molecule has 28 heavy (non-hydrogen) atoms. The van der Waals surface area contributed by atoms with Gasteiger partial charge in [0.1, 0.15) is 6.61 Å². The number of unbranched alkanes of at least 4 members (excludes halogenated alkanes) is 1. The van der Waals surface area contributed by atoms with Gasteiger partial charge in [0.2, 0.25) is 0 Å². The molecule has 0 heterocycles. The molecule has 0 spiro atoms. The highest BCUT2D eigenvalue weighted by Gasteiger charge is 2.20. The highest BCUT2D eigenvalue weighted by molar-refractivity contribution is 6.34. The summed E-state index contributed by atoms with van der Waals surface area (Å²) in [5, 5.41) is 1.69. The van der Waals surface area contributed by atoms with Gasteiger partial charge in [0.05, 0.1) is 0 Å². The summed E-state index contributed by atoms with van der Waals surface area (Å²) in [5.74, 6) is 0.458. The van der Waals surface area contributed by atoms with Crippen LogP contribution >= 0.6 is 34.8 Å². The van der Waals surface area contributed by atoms with E-state index in [2.05, 4.69) is 18.7 Å². The topological polar surface area (TPSA) is 26.3 Å². The molecule has 0 bridgehead atoms. The Morgan fingerprint density at radius 2 is 1.96 bits per heavy atom. The first kappa shape index (κ1) is 24.8. The van der Waals surface area contributed by atoms with Gasteiger partial charge in [-0.05, 0) is 68.7 Å². The largest absolute Gasteiger partial charge is 0.461 e. The van der Waals surface area contributed by atoms with Crippen LogP contribution in [0.3, 0.4) is 0 Å². The third kappa shape index (κ3) is 11.6. The Morgan fingerprint density at radius 3 is 2.54 bits per heavy atom. The molecule has 0 radical (unpaired) electrons. The Morgan fingerprint density at radius 1 is 1.25 bits per heavy atom. The number of alkyl halides is 1. The van der Waals surface area contributed by atoms with Crippen LogP contribution in [0.15, 0.2) is 49.1 Å². The lowest BCUT2D eigenvalue weighted by atomic mass is 10.1. The van der Waals surface area contributed by atoms with Crippen molar-refractivity contribution in [2.24, 2.45) is 5.92 Å². The van der Waals surface area contributed by atoms with Crippen molar-refractivity contribution in [3.05, 3.63) is 64.7 Å². The maximum Gasteiger partial charge on any atom is 0.306 e. The molecule has 1 aromatic carbocycles. The van der Waals surface area contributed by atoms with E-state index in [4.69, 9.17) is 39.5 Å². The number of halogens is 3. The number of carbonyl (C=O) groups is 1. The second kappa shape index (κ2) is 14.7. The second-order valence-electron chi connectivity index (χ2n) is 6.67. The van der Waals surface area contributed by atoms with Crippen molar-refractivity contribution in [2.75, 3.05) is 6.61 Å². The standard InChI is InChI=1S/C13H13Cl3.C10H16O2/c14-11-4-3-9(5-11)1-2-10-6-12(15)8-13(16)7-10;1-3-5-6-7-8-10(11)12-9-4-2/h1-2,6-9,11H,3-5H2;3-5H,2,6-9H2,1H3/b2-1+;5-3-. The smallest absolute Gasteiger partial charge is 0.306 e. The van der Waals surface area contributed by atoms with Crippen molar-refractivity contribution in [2.45, 2.75) is 50.8 Å². The van der Waals surface area contributed by atoms with Crippen molar-refractivity contribution in [3.8, 4) is 0 Å². The third-order valence-electron chi connectivity index (χ3n) is 4.20. The van der Waals surface area contributed by atoms with Crippen molar-refractivity contribution < 1.29 is 9.53 Å². The molecule has 2 nitrogen and oxygen atoms in total. The summed E-state index contributed by atoms with van der Waals surface area (Å²) in [5.41, 5.74) is 1.05. The van der Waals surface area contributed by atoms with Crippen LogP contribution in [-0.4, -0.2) is 18.0 Å². The fourth-order valence-electron chi connectivity index (χ4n) is 2.81. The molecule has 0 saturated heterocycles. The van der Waals surface area contributed by atoms with Crippen LogP contribution in [-0.2, 0) is 9.53 Å². The SMILES string of the molecule is C=CCOC(=O)CCC/C=C\C.Clc1cc(Cl)cc(/C=C/C2CCC(Cl)C2)c1. The van der Waals surface area contributed by atoms with E-state index in [1.807, 2.05) is 31.2 Å². The predicted octanol–water partition coefficient (Wildman–Crippen LogP) is 7.88. The van der Waals surface area contributed by atoms with E-state index < -0.39 is 0 Å². The van der Waals surface area contributed by atoms with Crippen molar-refractivity contribution in [1.29, 1.82) is 0 Å². The molecule has 1 saturated carbocycles. The molecule has 154 valence electrons. The summed E-state index contributed by atoms with van der Waals surface area (Å²) in [6.45, 7) is 5.74. The Bertz CT molecular complexity index is 648. The molecular formula is C23H29Cl3O2. The van der Waals surface area contributed by atoms with E-state index >= 15 is 0 Å². The normalized spacial score (nSPS) is 18.9. The van der Waals surface area contributed by atoms with Crippen LogP contribution in [0.4, 0.5) is 0 Å². The number of ether oxygens (including phenoxy) is 1. The highest BCUT2D eigenvalue weighted by Crippen LogP contribution is 2.31. The number of hydrogen-bond acceptors (Lipinski definition) is 2. The Hall–Kier alpha value is -1.22. The van der Waals surface area contributed by atoms with Crippen LogP contribution in [0.25, 0.3) is 6.08 Å². The minimum atomic E-state index is -0.139. The summed E-state index contributed by atoms with van der Waals surface area (Å²) < 4.78 is 4.79. The Kier molecular flexibility index (Phi) is 13.1. The first-order chi connectivity index (χ1) is 13.4. The molecule has 1 aliphatic rings. The Labute approximate surface area is 184 Å². The minimum absolute atomic E-state index is 0.139. The maximum absolute atomic E-state index is 10.9. The van der Waals surface area contributed by atoms with Gasteiger partial charge in [0.25, 0.3) is 0 Å². The molecule has 0 N–H and O–H groups in total. The number of rotatable bonds is 8. The van der Waals surface area contributed by atoms with Gasteiger partial charge in [-0.1, -0.05) is 60.2 Å². The predicted molar refractivity (Wildman–Crippen MR) is 122 cm³/mol. The van der Waals surface area contributed by atoms with E-state index in [9.17, 15) is 4.79 Å². The number of carbonyl (C=O) groups excluding carboxylic acids is 1. The maximum atomic E-state index is 10.9. The molecule has 1 aromatic rings. The number of hydrogen-bond donors (Lipinski definition) is 0. The zero-order valence-electron chi connectivity index (χ0n) is 16.4. The molecule has 0 aromatic heterocycles. The lowest BCUT2D eigenvalue weighted by Gasteiger charge is -2.02. The minimum Gasteiger partial charge on any atom is -0.461 e. The molecule has 1 aliphatic carbocycles. The van der Waals surface area contributed by atoms with Crippen molar-refractivity contribution in [1.82, 2.24) is 0 Å². The van der Waals surface area contributed by atoms with Gasteiger partial charge in [-0.15, -0.1) is 11.6 Å². The van der Waals surface area contributed by atoms with Gasteiger partial charge in [0.15, 0.2) is 0 Å². The van der Waals surface area contributed by atoms with Crippen LogP contribution in [0, 0.1) is 5.92 Å². The van der Waals surface area contributed by atoms with Gasteiger partial charge in [-0.2, -0.15) is 0 Å². The van der Waals surface area contributed by atoms with Crippen LogP contribution in [0.1, 0.15) is 51.0 Å². The molecule has 0 amide bonds. The van der Waals surface area contributed by atoms with Gasteiger partial charge in [0, 0.05) is 21.8 Å². The molecule has 1 fully saturated rings. The summed E-state index contributed by atoms with van der Waals surface area (Å²) in [6, 6.07) is 5.57. The lowest BCUT2D eigenvalue weighted by Crippen LogP contribution is -2.03. The van der Waals surface area contributed by atoms with Crippen LogP contribution < -0.4 is 0 Å². The van der Waals surface area contributed by atoms with E-state index in [-0.39, 0.29) is 5.97 Å². The van der Waals surface area contributed by atoms with Gasteiger partial charge in [-0.3, -0.25) is 4.79 Å². The molecule has 2 atom stereocenters. The fourth-order valence-corrected chi connectivity index (χ4v) is 3.71. The molecular weight excluding hydrogens is 415 g/mol. The van der Waals surface area contributed by atoms with E-state index in [1.165, 1.54) is 6.42 Å². The van der Waals surface area contributed by atoms with E-state index in [0.29, 0.717) is 34.4 Å². The molecule has 2 unspecified atom stereocenters. The lowest BCUT2D eigenvalue weighted by molar-refractivity contribution is -0.142. The fraction of sp³-hybridized carbons (Fsp3) is 0.435.